The molecule has 7 nitrogen and oxygen atoms in total. The number of aromatic nitrogens is 3. The van der Waals surface area contributed by atoms with E-state index in [1.54, 1.807) is 13.4 Å². The summed E-state index contributed by atoms with van der Waals surface area (Å²) in [4.78, 5) is 14.1. The fraction of sp³-hybridized carbons (Fsp3) is 0.647. The van der Waals surface area contributed by atoms with Gasteiger partial charge in [0, 0.05) is 41.9 Å². The van der Waals surface area contributed by atoms with Gasteiger partial charge < -0.3 is 14.6 Å². The first kappa shape index (κ1) is 18.1. The Hall–Kier alpha value is -1.67. The molecule has 8 heteroatoms. The Balaban J connectivity index is 1.60. The molecule has 0 aliphatic heterocycles. The molecule has 1 aliphatic rings. The average Bonchev–Trinajstić information content (AvgIpc) is 3.08. The Morgan fingerprint density at radius 2 is 2.12 bits per heavy atom. The molecule has 0 spiro atoms. The summed E-state index contributed by atoms with van der Waals surface area (Å²) < 4.78 is 25.3. The number of aromatic amines is 1. The molecule has 25 heavy (non-hydrogen) atoms. The van der Waals surface area contributed by atoms with Gasteiger partial charge in [-0.3, -0.25) is 4.78 Å². The molecule has 138 valence electrons. The van der Waals surface area contributed by atoms with Crippen LogP contribution >= 0.6 is 0 Å². The lowest BCUT2D eigenvalue weighted by atomic mass is 9.86. The Kier molecular flexibility index (Phi) is 5.58. The van der Waals surface area contributed by atoms with Gasteiger partial charge in [-0.25, -0.2) is 14.2 Å². The third-order valence-corrected chi connectivity index (χ3v) is 6.99. The van der Waals surface area contributed by atoms with Crippen LogP contribution in [0.2, 0.25) is 0 Å². The molecule has 2 aromatic rings. The number of nitrogens with zero attached hydrogens (tertiary/aromatic N) is 3. The van der Waals surface area contributed by atoms with Gasteiger partial charge in [0.05, 0.1) is 17.7 Å². The molecule has 2 aromatic heterocycles. The molecule has 1 fully saturated rings. The van der Waals surface area contributed by atoms with E-state index in [-0.39, 0.29) is 0 Å². The molecular weight excluding hydrogens is 338 g/mol. The molecule has 0 bridgehead atoms. The van der Waals surface area contributed by atoms with Gasteiger partial charge >= 0.3 is 0 Å². The summed E-state index contributed by atoms with van der Waals surface area (Å²) in [5.74, 6) is 2.18. The minimum atomic E-state index is -2.52. The molecule has 0 saturated heterocycles. The van der Waals surface area contributed by atoms with Gasteiger partial charge in [0.15, 0.2) is 0 Å². The summed E-state index contributed by atoms with van der Waals surface area (Å²) in [7, 11) is 1.16. The molecule has 0 amide bonds. The largest absolute Gasteiger partial charge is 0.384 e. The van der Waals surface area contributed by atoms with Crippen LogP contribution in [-0.2, 0) is 14.5 Å². The maximum absolute atomic E-state index is 12.3. The van der Waals surface area contributed by atoms with Gasteiger partial charge in [0.25, 0.3) is 0 Å². The second kappa shape index (κ2) is 7.70. The van der Waals surface area contributed by atoms with E-state index in [0.717, 1.165) is 42.5 Å². The van der Waals surface area contributed by atoms with Crippen LogP contribution in [0.5, 0.6) is 0 Å². The molecule has 0 aromatic carbocycles. The third-order valence-electron chi connectivity index (χ3n) is 5.15. The van der Waals surface area contributed by atoms with Crippen LogP contribution in [0.25, 0.3) is 11.0 Å². The molecule has 0 radical (unpaired) electrons. The van der Waals surface area contributed by atoms with Gasteiger partial charge in [-0.15, -0.1) is 0 Å². The number of fused-ring (bicyclic) bond motifs is 1. The predicted octanol–water partition coefficient (Wildman–Crippen LogP) is 2.65. The molecular formula is C17H27N5O2S. The molecule has 2 heterocycles. The van der Waals surface area contributed by atoms with Crippen molar-refractivity contribution in [3.8, 4) is 0 Å². The minimum Gasteiger partial charge on any atom is -0.384 e. The summed E-state index contributed by atoms with van der Waals surface area (Å²) in [6.45, 7) is 0.404. The van der Waals surface area contributed by atoms with Crippen LogP contribution in [0.4, 0.5) is 5.82 Å². The number of hydrogen-bond acceptors (Lipinski definition) is 6. The number of ether oxygens (including phenoxy) is 1. The summed E-state index contributed by atoms with van der Waals surface area (Å²) in [6, 6.07) is 2.43. The fourth-order valence-electron chi connectivity index (χ4n) is 3.69. The second-order valence-electron chi connectivity index (χ2n) is 6.90. The van der Waals surface area contributed by atoms with E-state index in [9.17, 15) is 4.21 Å². The summed E-state index contributed by atoms with van der Waals surface area (Å²) in [6.07, 6.45) is 7.59. The Bertz CT molecular complexity index is 796. The number of anilines is 1. The first-order valence-corrected chi connectivity index (χ1v) is 10.6. The van der Waals surface area contributed by atoms with Crippen LogP contribution in [-0.4, -0.2) is 57.5 Å². The lowest BCUT2D eigenvalue weighted by molar-refractivity contribution is 0.217. The van der Waals surface area contributed by atoms with Crippen LogP contribution < -0.4 is 4.90 Å². The number of H-pyrrole nitrogens is 1. The first-order chi connectivity index (χ1) is 12.0. The van der Waals surface area contributed by atoms with Crippen molar-refractivity contribution in [2.45, 2.75) is 31.7 Å². The van der Waals surface area contributed by atoms with Gasteiger partial charge in [-0.1, -0.05) is 0 Å². The number of nitrogens with one attached hydrogen (secondary N) is 2. The van der Waals surface area contributed by atoms with E-state index in [0.29, 0.717) is 30.1 Å². The van der Waals surface area contributed by atoms with E-state index < -0.39 is 9.73 Å². The molecule has 3 rings (SSSR count). The van der Waals surface area contributed by atoms with Crippen molar-refractivity contribution in [1.82, 2.24) is 15.0 Å². The molecule has 1 aliphatic carbocycles. The Morgan fingerprint density at radius 3 is 2.84 bits per heavy atom. The van der Waals surface area contributed by atoms with E-state index in [1.807, 2.05) is 12.3 Å². The van der Waals surface area contributed by atoms with Gasteiger partial charge in [0.2, 0.25) is 0 Å². The summed E-state index contributed by atoms with van der Waals surface area (Å²) in [5.41, 5.74) is 0.859. The van der Waals surface area contributed by atoms with Crippen molar-refractivity contribution in [2.24, 2.45) is 5.92 Å². The van der Waals surface area contributed by atoms with Crippen LogP contribution in [0.3, 0.4) is 0 Å². The van der Waals surface area contributed by atoms with Crippen molar-refractivity contribution >= 4 is 26.6 Å². The summed E-state index contributed by atoms with van der Waals surface area (Å²) in [5, 5.41) is 1.04. The molecule has 1 unspecified atom stereocenters. The average molecular weight is 366 g/mol. The topological polar surface area (TPSA) is 95.0 Å². The van der Waals surface area contributed by atoms with E-state index in [4.69, 9.17) is 9.52 Å². The standard InChI is InChI=1S/C17H27N5O2S/c1-22(17-15-7-8-19-16(15)20-12-21-17)14-5-3-13(4-6-14)11-25(18,23)10-9-24-2/h7-8,12-14,18H,3-6,9-11H2,1-2H3,(H,19,20,21)/t13-,14-,25?. The smallest absolute Gasteiger partial charge is 0.142 e. The van der Waals surface area contributed by atoms with Crippen molar-refractivity contribution in [2.75, 3.05) is 37.2 Å². The van der Waals surface area contributed by atoms with Crippen LogP contribution in [0.1, 0.15) is 25.7 Å². The SMILES string of the molecule is COCCS(=N)(=O)C[C@H]1CC[C@H](N(C)c2ncnc3[nH]ccc23)CC1. The van der Waals surface area contributed by atoms with Gasteiger partial charge in [-0.05, 0) is 37.7 Å². The lowest BCUT2D eigenvalue weighted by Gasteiger charge is -2.35. The van der Waals surface area contributed by atoms with Gasteiger partial charge in [-0.2, -0.15) is 0 Å². The summed E-state index contributed by atoms with van der Waals surface area (Å²) >= 11 is 0. The quantitative estimate of drug-likeness (QED) is 0.786. The van der Waals surface area contributed by atoms with E-state index >= 15 is 0 Å². The number of hydrogen-bond donors (Lipinski definition) is 2. The zero-order valence-electron chi connectivity index (χ0n) is 14.9. The molecule has 2 N–H and O–H groups in total. The van der Waals surface area contributed by atoms with Crippen LogP contribution in [0.15, 0.2) is 18.6 Å². The highest BCUT2D eigenvalue weighted by atomic mass is 32.2. The highest BCUT2D eigenvalue weighted by Crippen LogP contribution is 2.32. The fourth-order valence-corrected chi connectivity index (χ4v) is 5.39. The van der Waals surface area contributed by atoms with Crippen LogP contribution in [0, 0.1) is 10.7 Å². The number of methoxy groups -OCH3 is 1. The van der Waals surface area contributed by atoms with E-state index in [1.165, 1.54) is 0 Å². The highest BCUT2D eigenvalue weighted by molar-refractivity contribution is 7.92. The predicted molar refractivity (Wildman–Crippen MR) is 101 cm³/mol. The lowest BCUT2D eigenvalue weighted by Crippen LogP contribution is -2.37. The third kappa shape index (κ3) is 4.30. The molecule has 1 saturated carbocycles. The van der Waals surface area contributed by atoms with E-state index in [2.05, 4.69) is 26.9 Å². The maximum Gasteiger partial charge on any atom is 0.142 e. The Labute approximate surface area is 149 Å². The van der Waals surface area contributed by atoms with Gasteiger partial charge in [0.1, 0.15) is 17.8 Å². The monoisotopic (exact) mass is 365 g/mol. The first-order valence-electron chi connectivity index (χ1n) is 8.74. The van der Waals surface area contributed by atoms with Crippen molar-refractivity contribution < 1.29 is 8.95 Å². The zero-order chi connectivity index (χ0) is 17.9. The normalized spacial score (nSPS) is 23.4. The Morgan fingerprint density at radius 1 is 1.36 bits per heavy atom. The minimum absolute atomic E-state index is 0.343. The number of rotatable bonds is 7. The molecule has 1 atom stereocenters. The van der Waals surface area contributed by atoms with Crippen molar-refractivity contribution in [1.29, 1.82) is 4.78 Å². The van der Waals surface area contributed by atoms with Crippen molar-refractivity contribution in [3.05, 3.63) is 18.6 Å². The maximum atomic E-state index is 12.3. The highest BCUT2D eigenvalue weighted by Gasteiger charge is 2.27. The van der Waals surface area contributed by atoms with Crippen molar-refractivity contribution in [3.63, 3.8) is 0 Å². The second-order valence-corrected chi connectivity index (χ2v) is 9.26. The zero-order valence-corrected chi connectivity index (χ0v) is 15.7.